The standard InChI is InChI=1S/C19H16F3N3O2S/c20-19(21,22)13-7-5-12(6-8-13)17-15-3-1-2-4-16(15)18(25-24-17)23-14-9-10-28(26,27)11-14/h1-8,14H,9-11H2,(H,23,25). The number of rotatable bonds is 3. The molecule has 0 radical (unpaired) electrons. The summed E-state index contributed by atoms with van der Waals surface area (Å²) in [5.74, 6) is 0.650. The molecule has 4 rings (SSSR count). The third kappa shape index (κ3) is 3.66. The first kappa shape index (κ1) is 18.7. The SMILES string of the molecule is O=S1(=O)CCC(Nc2nnc(-c3ccc(C(F)(F)F)cc3)c3ccccc23)C1. The molecule has 0 aliphatic carbocycles. The maximum atomic E-state index is 12.8. The largest absolute Gasteiger partial charge is 0.416 e. The Morgan fingerprint density at radius 2 is 1.64 bits per heavy atom. The fourth-order valence-electron chi connectivity index (χ4n) is 3.34. The summed E-state index contributed by atoms with van der Waals surface area (Å²) in [5, 5.41) is 13.0. The molecule has 0 bridgehead atoms. The van der Waals surface area contributed by atoms with Gasteiger partial charge in [0.05, 0.1) is 17.1 Å². The van der Waals surface area contributed by atoms with Crippen LogP contribution >= 0.6 is 0 Å². The smallest absolute Gasteiger partial charge is 0.364 e. The normalized spacial score (nSPS) is 19.0. The summed E-state index contributed by atoms with van der Waals surface area (Å²) in [7, 11) is -3.04. The van der Waals surface area contributed by atoms with Gasteiger partial charge in [0.25, 0.3) is 0 Å². The molecule has 0 spiro atoms. The molecule has 1 unspecified atom stereocenters. The Bertz CT molecular complexity index is 1130. The highest BCUT2D eigenvalue weighted by molar-refractivity contribution is 7.91. The van der Waals surface area contributed by atoms with Gasteiger partial charge in [0, 0.05) is 22.4 Å². The van der Waals surface area contributed by atoms with Gasteiger partial charge in [-0.1, -0.05) is 36.4 Å². The molecule has 1 saturated heterocycles. The second kappa shape index (κ2) is 6.73. The van der Waals surface area contributed by atoms with Crippen LogP contribution in [-0.4, -0.2) is 36.2 Å². The first-order chi connectivity index (χ1) is 13.2. The fourth-order valence-corrected chi connectivity index (χ4v) is 5.02. The molecule has 28 heavy (non-hydrogen) atoms. The molecule has 1 atom stereocenters. The molecular formula is C19H16F3N3O2S. The van der Waals surface area contributed by atoms with Crippen molar-refractivity contribution >= 4 is 26.4 Å². The van der Waals surface area contributed by atoms with Crippen LogP contribution in [0.5, 0.6) is 0 Å². The van der Waals surface area contributed by atoms with Crippen LogP contribution < -0.4 is 5.32 Å². The van der Waals surface area contributed by atoms with E-state index >= 15 is 0 Å². The van der Waals surface area contributed by atoms with Gasteiger partial charge < -0.3 is 5.32 Å². The lowest BCUT2D eigenvalue weighted by molar-refractivity contribution is -0.137. The van der Waals surface area contributed by atoms with Crippen LogP contribution in [-0.2, 0) is 16.0 Å². The molecule has 2 heterocycles. The molecule has 0 saturated carbocycles. The first-order valence-corrected chi connectivity index (χ1v) is 10.5. The number of nitrogens with zero attached hydrogens (tertiary/aromatic N) is 2. The number of sulfone groups is 1. The highest BCUT2D eigenvalue weighted by Gasteiger charge is 2.30. The zero-order valence-corrected chi connectivity index (χ0v) is 15.4. The number of alkyl halides is 3. The van der Waals surface area contributed by atoms with E-state index in [-0.39, 0.29) is 17.5 Å². The third-order valence-electron chi connectivity index (χ3n) is 4.75. The van der Waals surface area contributed by atoms with Crippen molar-refractivity contribution in [2.24, 2.45) is 0 Å². The molecule has 1 N–H and O–H groups in total. The van der Waals surface area contributed by atoms with E-state index in [2.05, 4.69) is 15.5 Å². The lowest BCUT2D eigenvalue weighted by Gasteiger charge is -2.15. The van der Waals surface area contributed by atoms with Crippen molar-refractivity contribution in [1.29, 1.82) is 0 Å². The molecule has 146 valence electrons. The summed E-state index contributed by atoms with van der Waals surface area (Å²) in [6.45, 7) is 0. The average molecular weight is 407 g/mol. The van der Waals surface area contributed by atoms with E-state index in [1.165, 1.54) is 12.1 Å². The van der Waals surface area contributed by atoms with Gasteiger partial charge in [-0.05, 0) is 18.6 Å². The summed E-state index contributed by atoms with van der Waals surface area (Å²) >= 11 is 0. The van der Waals surface area contributed by atoms with Crippen molar-refractivity contribution in [3.8, 4) is 11.3 Å². The Labute approximate surface area is 159 Å². The second-order valence-electron chi connectivity index (χ2n) is 6.76. The molecule has 1 aliphatic heterocycles. The highest BCUT2D eigenvalue weighted by Crippen LogP contribution is 2.33. The van der Waals surface area contributed by atoms with Gasteiger partial charge in [-0.15, -0.1) is 10.2 Å². The maximum Gasteiger partial charge on any atom is 0.416 e. The van der Waals surface area contributed by atoms with E-state index in [1.54, 1.807) is 6.07 Å². The van der Waals surface area contributed by atoms with Crippen LogP contribution in [0.15, 0.2) is 48.5 Å². The van der Waals surface area contributed by atoms with Crippen LogP contribution in [0.1, 0.15) is 12.0 Å². The minimum absolute atomic E-state index is 0.0453. The minimum atomic E-state index is -4.40. The number of anilines is 1. The molecule has 0 amide bonds. The molecule has 3 aromatic rings. The Kier molecular flexibility index (Phi) is 4.49. The van der Waals surface area contributed by atoms with Crippen molar-refractivity contribution in [1.82, 2.24) is 10.2 Å². The summed E-state index contributed by atoms with van der Waals surface area (Å²) in [4.78, 5) is 0. The van der Waals surface area contributed by atoms with E-state index in [4.69, 9.17) is 0 Å². The van der Waals surface area contributed by atoms with Crippen molar-refractivity contribution in [3.63, 3.8) is 0 Å². The number of halogens is 3. The predicted molar refractivity (Wildman–Crippen MR) is 101 cm³/mol. The maximum absolute atomic E-state index is 12.8. The number of fused-ring (bicyclic) bond motifs is 1. The molecule has 1 aromatic heterocycles. The average Bonchev–Trinajstić information content (AvgIpc) is 3.00. The molecule has 2 aromatic carbocycles. The Balaban J connectivity index is 1.72. The molecule has 1 aliphatic rings. The quantitative estimate of drug-likeness (QED) is 0.713. The highest BCUT2D eigenvalue weighted by atomic mass is 32.2. The van der Waals surface area contributed by atoms with Crippen molar-refractivity contribution < 1.29 is 21.6 Å². The summed E-state index contributed by atoms with van der Waals surface area (Å²) in [5.41, 5.74) is 0.259. The number of hydrogen-bond donors (Lipinski definition) is 1. The summed E-state index contributed by atoms with van der Waals surface area (Å²) < 4.78 is 61.7. The van der Waals surface area contributed by atoms with Gasteiger partial charge in [-0.3, -0.25) is 0 Å². The van der Waals surface area contributed by atoms with Gasteiger partial charge in [0.15, 0.2) is 15.7 Å². The predicted octanol–water partition coefficient (Wildman–Crippen LogP) is 3.91. The van der Waals surface area contributed by atoms with Crippen LogP contribution in [0.2, 0.25) is 0 Å². The fraction of sp³-hybridized carbons (Fsp3) is 0.263. The Morgan fingerprint density at radius 3 is 2.25 bits per heavy atom. The zero-order valence-electron chi connectivity index (χ0n) is 14.6. The number of hydrogen-bond acceptors (Lipinski definition) is 5. The third-order valence-corrected chi connectivity index (χ3v) is 6.51. The van der Waals surface area contributed by atoms with E-state index in [1.807, 2.05) is 18.2 Å². The van der Waals surface area contributed by atoms with E-state index in [0.717, 1.165) is 22.9 Å². The summed E-state index contributed by atoms with van der Waals surface area (Å²) in [6, 6.07) is 11.8. The van der Waals surface area contributed by atoms with Crippen LogP contribution in [0.3, 0.4) is 0 Å². The molecular weight excluding hydrogens is 391 g/mol. The number of benzene rings is 2. The van der Waals surface area contributed by atoms with Gasteiger partial charge in [0.2, 0.25) is 0 Å². The van der Waals surface area contributed by atoms with Gasteiger partial charge in [0.1, 0.15) is 5.69 Å². The van der Waals surface area contributed by atoms with Crippen LogP contribution in [0.4, 0.5) is 19.0 Å². The van der Waals surface area contributed by atoms with Crippen molar-refractivity contribution in [2.75, 3.05) is 16.8 Å². The monoisotopic (exact) mass is 407 g/mol. The van der Waals surface area contributed by atoms with E-state index < -0.39 is 21.6 Å². The molecule has 9 heteroatoms. The second-order valence-corrected chi connectivity index (χ2v) is 8.99. The van der Waals surface area contributed by atoms with E-state index in [9.17, 15) is 21.6 Å². The Hall–Kier alpha value is -2.68. The van der Waals surface area contributed by atoms with Crippen LogP contribution in [0, 0.1) is 0 Å². The molecule has 1 fully saturated rings. The van der Waals surface area contributed by atoms with Gasteiger partial charge in [-0.2, -0.15) is 13.2 Å². The first-order valence-electron chi connectivity index (χ1n) is 8.63. The lowest BCUT2D eigenvalue weighted by Crippen LogP contribution is -2.21. The topological polar surface area (TPSA) is 72.0 Å². The lowest BCUT2D eigenvalue weighted by atomic mass is 10.0. The van der Waals surface area contributed by atoms with E-state index in [0.29, 0.717) is 23.5 Å². The van der Waals surface area contributed by atoms with Gasteiger partial charge >= 0.3 is 6.18 Å². The zero-order chi connectivity index (χ0) is 19.9. The van der Waals surface area contributed by atoms with Gasteiger partial charge in [-0.25, -0.2) is 8.42 Å². The van der Waals surface area contributed by atoms with Crippen LogP contribution in [0.25, 0.3) is 22.0 Å². The molecule has 5 nitrogen and oxygen atoms in total. The Morgan fingerprint density at radius 1 is 0.964 bits per heavy atom. The number of aromatic nitrogens is 2. The minimum Gasteiger partial charge on any atom is -0.364 e. The summed E-state index contributed by atoms with van der Waals surface area (Å²) in [6.07, 6.45) is -3.90. The van der Waals surface area contributed by atoms with Crippen molar-refractivity contribution in [2.45, 2.75) is 18.6 Å². The number of nitrogens with one attached hydrogen (secondary N) is 1. The van der Waals surface area contributed by atoms with Crippen molar-refractivity contribution in [3.05, 3.63) is 54.1 Å².